The number of hydrogen-bond acceptors (Lipinski definition) is 6. The zero-order chi connectivity index (χ0) is 21.7. The third kappa shape index (κ3) is 3.15. The largest absolute Gasteiger partial charge is 0.497 e. The van der Waals surface area contributed by atoms with E-state index >= 15 is 0 Å². The van der Waals surface area contributed by atoms with E-state index in [-0.39, 0.29) is 29.5 Å². The number of benzene rings is 2. The molecule has 158 valence electrons. The maximum Gasteiger partial charge on any atom is 0.339 e. The molecule has 8 nitrogen and oxygen atoms in total. The summed E-state index contributed by atoms with van der Waals surface area (Å²) >= 11 is 0. The van der Waals surface area contributed by atoms with Crippen LogP contribution in [0.15, 0.2) is 48.5 Å². The van der Waals surface area contributed by atoms with Crippen molar-refractivity contribution < 1.29 is 28.8 Å². The van der Waals surface area contributed by atoms with E-state index in [1.54, 1.807) is 42.3 Å². The van der Waals surface area contributed by atoms with E-state index in [0.717, 1.165) is 18.4 Å². The number of imide groups is 1. The fraction of sp³-hybridized carbons (Fsp3) is 0.304. The highest BCUT2D eigenvalue weighted by Crippen LogP contribution is 2.46. The molecule has 2 atom stereocenters. The van der Waals surface area contributed by atoms with E-state index in [2.05, 4.69) is 0 Å². The van der Waals surface area contributed by atoms with Crippen LogP contribution in [-0.2, 0) is 14.4 Å². The van der Waals surface area contributed by atoms with Crippen LogP contribution in [0.1, 0.15) is 51.6 Å². The fourth-order valence-corrected chi connectivity index (χ4v) is 4.38. The molecule has 2 heterocycles. The van der Waals surface area contributed by atoms with Gasteiger partial charge < -0.3 is 14.5 Å². The van der Waals surface area contributed by atoms with Crippen LogP contribution in [0, 0.1) is 5.92 Å². The summed E-state index contributed by atoms with van der Waals surface area (Å²) in [5.41, 5.74) is 1.12. The summed E-state index contributed by atoms with van der Waals surface area (Å²) in [6.45, 7) is 0. The molecule has 0 radical (unpaired) electrons. The first kappa shape index (κ1) is 19.3. The first-order valence-electron chi connectivity index (χ1n) is 10.1. The number of methoxy groups -OCH3 is 1. The van der Waals surface area contributed by atoms with Gasteiger partial charge >= 0.3 is 5.97 Å². The number of amides is 3. The average Bonchev–Trinajstić information content (AvgIpc) is 3.53. The molecule has 3 amide bonds. The van der Waals surface area contributed by atoms with Gasteiger partial charge in [0.2, 0.25) is 5.91 Å². The smallest absolute Gasteiger partial charge is 0.339 e. The average molecular weight is 420 g/mol. The van der Waals surface area contributed by atoms with Crippen molar-refractivity contribution in [1.29, 1.82) is 0 Å². The van der Waals surface area contributed by atoms with Gasteiger partial charge in [-0.1, -0.05) is 29.3 Å². The predicted molar refractivity (Wildman–Crippen MR) is 107 cm³/mol. The molecule has 1 aliphatic carbocycles. The van der Waals surface area contributed by atoms with Crippen molar-refractivity contribution in [3.63, 3.8) is 0 Å². The van der Waals surface area contributed by atoms with Gasteiger partial charge in [0.05, 0.1) is 30.2 Å². The SMILES string of the molecule is COc1cccc(C2C(C(=O)ON3C(=O)c4ccccc4C3=O)CC(=O)N2C2CC2)c1. The number of carbonyl (C=O) groups is 4. The zero-order valence-corrected chi connectivity index (χ0v) is 16.8. The molecule has 8 heteroatoms. The lowest BCUT2D eigenvalue weighted by Crippen LogP contribution is -2.37. The maximum absolute atomic E-state index is 13.1. The minimum Gasteiger partial charge on any atom is -0.497 e. The second kappa shape index (κ2) is 7.23. The number of fused-ring (bicyclic) bond motifs is 1. The lowest BCUT2D eigenvalue weighted by atomic mass is 9.93. The Morgan fingerprint density at radius 2 is 1.65 bits per heavy atom. The number of hydroxylamine groups is 2. The van der Waals surface area contributed by atoms with E-state index in [1.807, 2.05) is 6.07 Å². The van der Waals surface area contributed by atoms with Crippen molar-refractivity contribution in [2.75, 3.05) is 7.11 Å². The molecule has 5 rings (SSSR count). The summed E-state index contributed by atoms with van der Waals surface area (Å²) in [7, 11) is 1.55. The fourth-order valence-electron chi connectivity index (χ4n) is 4.38. The summed E-state index contributed by atoms with van der Waals surface area (Å²) < 4.78 is 5.30. The molecule has 0 spiro atoms. The highest BCUT2D eigenvalue weighted by molar-refractivity contribution is 6.20. The third-order valence-electron chi connectivity index (χ3n) is 5.98. The van der Waals surface area contributed by atoms with Gasteiger partial charge in [-0.25, -0.2) is 4.79 Å². The van der Waals surface area contributed by atoms with Crippen molar-refractivity contribution in [2.45, 2.75) is 31.3 Å². The zero-order valence-electron chi connectivity index (χ0n) is 16.8. The number of hydrogen-bond donors (Lipinski definition) is 0. The molecule has 0 aromatic heterocycles. The topological polar surface area (TPSA) is 93.2 Å². The normalized spacial score (nSPS) is 22.7. The summed E-state index contributed by atoms with van der Waals surface area (Å²) in [6, 6.07) is 13.0. The van der Waals surface area contributed by atoms with Crippen LogP contribution in [0.4, 0.5) is 0 Å². The number of nitrogens with zero attached hydrogens (tertiary/aromatic N) is 2. The van der Waals surface area contributed by atoms with Gasteiger partial charge in [-0.2, -0.15) is 0 Å². The molecule has 0 N–H and O–H groups in total. The molecule has 2 aromatic carbocycles. The molecule has 0 bridgehead atoms. The van der Waals surface area contributed by atoms with Gasteiger partial charge in [0.15, 0.2) is 0 Å². The highest BCUT2D eigenvalue weighted by atomic mass is 16.7. The Hall–Kier alpha value is -3.68. The number of ether oxygens (including phenoxy) is 1. The van der Waals surface area contributed by atoms with Gasteiger partial charge in [-0.3, -0.25) is 14.4 Å². The first-order valence-corrected chi connectivity index (χ1v) is 10.1. The summed E-state index contributed by atoms with van der Waals surface area (Å²) in [4.78, 5) is 58.1. The van der Waals surface area contributed by atoms with Gasteiger partial charge in [0.1, 0.15) is 5.75 Å². The molecule has 2 unspecified atom stereocenters. The Labute approximate surface area is 178 Å². The summed E-state index contributed by atoms with van der Waals surface area (Å²) in [5, 5.41) is 0.500. The van der Waals surface area contributed by atoms with E-state index in [0.29, 0.717) is 10.8 Å². The first-order chi connectivity index (χ1) is 15.0. The summed E-state index contributed by atoms with van der Waals surface area (Å²) in [5.74, 6) is -2.52. The van der Waals surface area contributed by atoms with Gasteiger partial charge in [0, 0.05) is 12.5 Å². The Bertz CT molecular complexity index is 1070. The quantitative estimate of drug-likeness (QED) is 0.690. The predicted octanol–water partition coefficient (Wildman–Crippen LogP) is 2.50. The maximum atomic E-state index is 13.1. The lowest BCUT2D eigenvalue weighted by molar-refractivity contribution is -0.174. The second-order valence-electron chi connectivity index (χ2n) is 7.92. The van der Waals surface area contributed by atoms with Gasteiger partial charge in [-0.15, -0.1) is 0 Å². The molecule has 3 aliphatic rings. The van der Waals surface area contributed by atoms with Crippen molar-refractivity contribution in [2.24, 2.45) is 5.92 Å². The van der Waals surface area contributed by atoms with E-state index < -0.39 is 29.7 Å². The summed E-state index contributed by atoms with van der Waals surface area (Å²) in [6.07, 6.45) is 1.72. The van der Waals surface area contributed by atoms with E-state index in [4.69, 9.17) is 9.57 Å². The standard InChI is InChI=1S/C23H20N2O6/c1-30-15-6-4-5-13(11-15)20-18(12-19(26)24(20)14-9-10-14)23(29)31-25-21(27)16-7-2-3-8-17(16)22(25)28/h2-8,11,14,18,20H,9-10,12H2,1H3. The molecular weight excluding hydrogens is 400 g/mol. The van der Waals surface area contributed by atoms with Crippen LogP contribution in [0.5, 0.6) is 5.75 Å². The Morgan fingerprint density at radius 3 is 2.26 bits per heavy atom. The van der Waals surface area contributed by atoms with Crippen LogP contribution in [0.2, 0.25) is 0 Å². The minimum atomic E-state index is -0.843. The minimum absolute atomic E-state index is 0.0413. The van der Waals surface area contributed by atoms with Crippen LogP contribution in [0.3, 0.4) is 0 Å². The Balaban J connectivity index is 1.44. The van der Waals surface area contributed by atoms with Crippen molar-refractivity contribution >= 4 is 23.7 Å². The van der Waals surface area contributed by atoms with Crippen molar-refractivity contribution in [3.8, 4) is 5.75 Å². The number of rotatable bonds is 5. The third-order valence-corrected chi connectivity index (χ3v) is 5.98. The van der Waals surface area contributed by atoms with E-state index in [9.17, 15) is 19.2 Å². The van der Waals surface area contributed by atoms with Crippen LogP contribution in [0.25, 0.3) is 0 Å². The van der Waals surface area contributed by atoms with Crippen LogP contribution in [-0.4, -0.2) is 46.8 Å². The lowest BCUT2D eigenvalue weighted by Gasteiger charge is -2.28. The van der Waals surface area contributed by atoms with Crippen molar-refractivity contribution in [3.05, 3.63) is 65.2 Å². The van der Waals surface area contributed by atoms with Gasteiger partial charge in [0.25, 0.3) is 11.8 Å². The molecule has 2 aliphatic heterocycles. The van der Waals surface area contributed by atoms with Crippen molar-refractivity contribution in [1.82, 2.24) is 9.96 Å². The molecule has 31 heavy (non-hydrogen) atoms. The molecule has 2 fully saturated rings. The van der Waals surface area contributed by atoms with E-state index in [1.165, 1.54) is 12.1 Å². The molecule has 1 saturated heterocycles. The number of likely N-dealkylation sites (tertiary alicyclic amines) is 1. The Kier molecular flexibility index (Phi) is 4.50. The molecule has 1 saturated carbocycles. The Morgan fingerprint density at radius 1 is 0.968 bits per heavy atom. The molecular formula is C23H20N2O6. The van der Waals surface area contributed by atoms with Crippen LogP contribution < -0.4 is 4.74 Å². The van der Waals surface area contributed by atoms with Gasteiger partial charge in [-0.05, 0) is 42.7 Å². The molecule has 2 aromatic rings. The number of carbonyl (C=O) groups excluding carboxylic acids is 4. The van der Waals surface area contributed by atoms with Crippen LogP contribution >= 0.6 is 0 Å². The monoisotopic (exact) mass is 420 g/mol. The second-order valence-corrected chi connectivity index (χ2v) is 7.92. The highest BCUT2D eigenvalue weighted by Gasteiger charge is 2.52.